The predicted molar refractivity (Wildman–Crippen MR) is 94.2 cm³/mol. The molecule has 120 valence electrons. The molecule has 10 heteroatoms. The Balaban J connectivity index is 1.86. The second-order valence-corrected chi connectivity index (χ2v) is 8.58. The monoisotopic (exact) mass is 375 g/mol. The second-order valence-electron chi connectivity index (χ2n) is 4.40. The first-order chi connectivity index (χ1) is 10.6. The molecule has 22 heavy (non-hydrogen) atoms. The Hall–Kier alpha value is -0.710. The summed E-state index contributed by atoms with van der Waals surface area (Å²) in [5, 5.41) is 12.9. The number of hydrogen-bond donors (Lipinski definition) is 1. The van der Waals surface area contributed by atoms with Gasteiger partial charge in [-0.05, 0) is 31.1 Å². The molecule has 0 spiro atoms. The van der Waals surface area contributed by atoms with Crippen LogP contribution in [-0.2, 0) is 11.2 Å². The third kappa shape index (κ3) is 5.18. The van der Waals surface area contributed by atoms with Crippen LogP contribution in [0.1, 0.15) is 31.7 Å². The summed E-state index contributed by atoms with van der Waals surface area (Å²) in [6, 6.07) is 0. The van der Waals surface area contributed by atoms with Gasteiger partial charge in [0, 0.05) is 6.42 Å². The first-order valence-electron chi connectivity index (χ1n) is 6.80. The van der Waals surface area contributed by atoms with Crippen LogP contribution in [0.25, 0.3) is 0 Å². The average molecular weight is 376 g/mol. The van der Waals surface area contributed by atoms with Crippen LogP contribution in [0, 0.1) is 0 Å². The number of thioether (sulfide) groups is 2. The zero-order chi connectivity index (χ0) is 15.9. The lowest BCUT2D eigenvalue weighted by Crippen LogP contribution is -2.22. The fourth-order valence-corrected chi connectivity index (χ4v) is 4.61. The van der Waals surface area contributed by atoms with E-state index in [1.165, 1.54) is 46.4 Å². The largest absolute Gasteiger partial charge is 0.300 e. The molecule has 0 aromatic carbocycles. The molecule has 0 saturated heterocycles. The maximum Gasteiger partial charge on any atom is 0.239 e. The van der Waals surface area contributed by atoms with E-state index in [0.29, 0.717) is 5.13 Å². The van der Waals surface area contributed by atoms with Crippen molar-refractivity contribution < 1.29 is 4.79 Å². The van der Waals surface area contributed by atoms with E-state index in [-0.39, 0.29) is 11.2 Å². The van der Waals surface area contributed by atoms with Crippen molar-refractivity contribution in [3.63, 3.8) is 0 Å². The first kappa shape index (κ1) is 17.6. The zero-order valence-electron chi connectivity index (χ0n) is 12.5. The SMILES string of the molecule is CCCCc1nnc(NC(=O)[C@H](C)Sc2nc(SC)ns2)s1. The standard InChI is InChI=1S/C12H17N5OS4/c1-4-5-6-8-15-16-10(21-8)13-9(18)7(2)20-12-14-11(19-3)17-22-12/h7H,4-6H2,1-3H3,(H,13,16,18)/t7-/m0/s1. The summed E-state index contributed by atoms with van der Waals surface area (Å²) < 4.78 is 4.98. The van der Waals surface area contributed by atoms with Crippen molar-refractivity contribution in [2.24, 2.45) is 0 Å². The van der Waals surface area contributed by atoms with Gasteiger partial charge in [-0.15, -0.1) is 10.2 Å². The second kappa shape index (κ2) is 8.80. The molecule has 0 unspecified atom stereocenters. The van der Waals surface area contributed by atoms with E-state index in [0.717, 1.165) is 33.8 Å². The minimum Gasteiger partial charge on any atom is -0.300 e. The summed E-state index contributed by atoms with van der Waals surface area (Å²) in [6.07, 6.45) is 5.05. The number of amides is 1. The summed E-state index contributed by atoms with van der Waals surface area (Å²) in [4.78, 5) is 16.5. The Morgan fingerprint density at radius 1 is 1.41 bits per heavy atom. The third-order valence-corrected chi connectivity index (χ3v) is 6.11. The lowest BCUT2D eigenvalue weighted by atomic mass is 10.3. The molecule has 2 rings (SSSR count). The zero-order valence-corrected chi connectivity index (χ0v) is 15.8. The van der Waals surface area contributed by atoms with Gasteiger partial charge in [-0.25, -0.2) is 4.98 Å². The normalized spacial score (nSPS) is 12.3. The summed E-state index contributed by atoms with van der Waals surface area (Å²) in [7, 11) is 0. The summed E-state index contributed by atoms with van der Waals surface area (Å²) in [5.74, 6) is -0.0934. The number of aromatic nitrogens is 4. The van der Waals surface area contributed by atoms with E-state index in [4.69, 9.17) is 0 Å². The van der Waals surface area contributed by atoms with Gasteiger partial charge in [-0.3, -0.25) is 10.1 Å². The van der Waals surface area contributed by atoms with E-state index in [1.807, 2.05) is 13.2 Å². The smallest absolute Gasteiger partial charge is 0.239 e. The third-order valence-electron chi connectivity index (χ3n) is 2.66. The average Bonchev–Trinajstić information content (AvgIpc) is 3.14. The molecule has 2 aromatic heterocycles. The Morgan fingerprint density at radius 3 is 2.91 bits per heavy atom. The fraction of sp³-hybridized carbons (Fsp3) is 0.583. The van der Waals surface area contributed by atoms with Gasteiger partial charge >= 0.3 is 0 Å². The van der Waals surface area contributed by atoms with Crippen LogP contribution >= 0.6 is 46.4 Å². The Morgan fingerprint density at radius 2 is 2.23 bits per heavy atom. The number of carbonyl (C=O) groups is 1. The van der Waals surface area contributed by atoms with Gasteiger partial charge in [0.2, 0.25) is 16.2 Å². The Bertz CT molecular complexity index is 614. The number of rotatable bonds is 8. The topological polar surface area (TPSA) is 80.7 Å². The van der Waals surface area contributed by atoms with Crippen LogP contribution in [0.2, 0.25) is 0 Å². The van der Waals surface area contributed by atoms with Crippen molar-refractivity contribution >= 4 is 57.4 Å². The highest BCUT2D eigenvalue weighted by Gasteiger charge is 2.18. The van der Waals surface area contributed by atoms with Crippen molar-refractivity contribution in [3.05, 3.63) is 5.01 Å². The van der Waals surface area contributed by atoms with Crippen molar-refractivity contribution in [1.29, 1.82) is 0 Å². The lowest BCUT2D eigenvalue weighted by molar-refractivity contribution is -0.115. The van der Waals surface area contributed by atoms with E-state index in [9.17, 15) is 4.79 Å². The van der Waals surface area contributed by atoms with Crippen LogP contribution in [0.15, 0.2) is 9.50 Å². The van der Waals surface area contributed by atoms with E-state index in [1.54, 1.807) is 0 Å². The molecule has 0 aliphatic carbocycles. The first-order valence-corrected chi connectivity index (χ1v) is 10.5. The molecule has 0 saturated carbocycles. The predicted octanol–water partition coefficient (Wildman–Crippen LogP) is 3.57. The van der Waals surface area contributed by atoms with Gasteiger partial charge < -0.3 is 0 Å². The van der Waals surface area contributed by atoms with Gasteiger partial charge in [0.25, 0.3) is 0 Å². The molecule has 1 atom stereocenters. The Kier molecular flexibility index (Phi) is 7.06. The van der Waals surface area contributed by atoms with Crippen LogP contribution in [0.5, 0.6) is 0 Å². The quantitative estimate of drug-likeness (QED) is 0.706. The minimum atomic E-state index is -0.259. The molecule has 6 nitrogen and oxygen atoms in total. The van der Waals surface area contributed by atoms with Crippen LogP contribution < -0.4 is 5.32 Å². The molecule has 0 fully saturated rings. The fourth-order valence-electron chi connectivity index (χ4n) is 1.47. The maximum atomic E-state index is 12.2. The van der Waals surface area contributed by atoms with E-state index < -0.39 is 0 Å². The highest BCUT2D eigenvalue weighted by atomic mass is 32.2. The number of anilines is 1. The maximum absolute atomic E-state index is 12.2. The molecule has 2 heterocycles. The summed E-state index contributed by atoms with van der Waals surface area (Å²) >= 11 is 5.65. The number of aryl methyl sites for hydroxylation is 1. The van der Waals surface area contributed by atoms with Crippen molar-refractivity contribution in [2.75, 3.05) is 11.6 Å². The molecule has 1 amide bonds. The molecule has 0 bridgehead atoms. The summed E-state index contributed by atoms with van der Waals surface area (Å²) in [5.41, 5.74) is 0. The van der Waals surface area contributed by atoms with Crippen LogP contribution in [-0.4, -0.2) is 37.0 Å². The molecule has 0 aliphatic rings. The molecule has 0 radical (unpaired) electrons. The van der Waals surface area contributed by atoms with Gasteiger partial charge in [0.05, 0.1) is 5.25 Å². The number of unbranched alkanes of at least 4 members (excludes halogenated alkanes) is 1. The van der Waals surface area contributed by atoms with Crippen molar-refractivity contribution in [2.45, 2.75) is 47.9 Å². The highest BCUT2D eigenvalue weighted by molar-refractivity contribution is 8.02. The minimum absolute atomic E-state index is 0.0934. The van der Waals surface area contributed by atoms with Crippen molar-refractivity contribution in [3.8, 4) is 0 Å². The van der Waals surface area contributed by atoms with Crippen molar-refractivity contribution in [1.82, 2.24) is 19.6 Å². The number of nitrogens with zero attached hydrogens (tertiary/aromatic N) is 4. The van der Waals surface area contributed by atoms with Gasteiger partial charge in [0.15, 0.2) is 4.34 Å². The van der Waals surface area contributed by atoms with Crippen LogP contribution in [0.4, 0.5) is 5.13 Å². The number of hydrogen-bond acceptors (Lipinski definition) is 9. The Labute approximate surface area is 146 Å². The van der Waals surface area contributed by atoms with E-state index in [2.05, 4.69) is 31.8 Å². The molecular formula is C12H17N5OS4. The highest BCUT2D eigenvalue weighted by Crippen LogP contribution is 2.28. The molecule has 2 aromatic rings. The van der Waals surface area contributed by atoms with Gasteiger partial charge in [-0.1, -0.05) is 48.2 Å². The lowest BCUT2D eigenvalue weighted by Gasteiger charge is -2.07. The molecule has 0 aliphatic heterocycles. The van der Waals surface area contributed by atoms with E-state index >= 15 is 0 Å². The number of nitrogens with one attached hydrogen (secondary N) is 1. The molecular weight excluding hydrogens is 358 g/mol. The summed E-state index contributed by atoms with van der Waals surface area (Å²) in [6.45, 7) is 3.98. The molecule has 1 N–H and O–H groups in total. The number of carbonyl (C=O) groups excluding carboxylic acids is 1. The van der Waals surface area contributed by atoms with Crippen LogP contribution in [0.3, 0.4) is 0 Å². The van der Waals surface area contributed by atoms with Gasteiger partial charge in [-0.2, -0.15) is 4.37 Å². The van der Waals surface area contributed by atoms with Gasteiger partial charge in [0.1, 0.15) is 5.01 Å².